The van der Waals surface area contributed by atoms with Gasteiger partial charge in [-0.2, -0.15) is 0 Å². The summed E-state index contributed by atoms with van der Waals surface area (Å²) in [4.78, 5) is 0. The summed E-state index contributed by atoms with van der Waals surface area (Å²) in [5.41, 5.74) is 1.89. The molecule has 1 aromatic heterocycles. The van der Waals surface area contributed by atoms with Crippen LogP contribution in [0.25, 0.3) is 11.0 Å². The maximum atomic E-state index is 11.7. The van der Waals surface area contributed by atoms with Gasteiger partial charge in [-0.05, 0) is 25.3 Å². The first kappa shape index (κ1) is 12.4. The molecule has 20 heavy (non-hydrogen) atoms. The lowest BCUT2D eigenvalue weighted by Crippen LogP contribution is -2.51. The maximum absolute atomic E-state index is 11.7. The highest BCUT2D eigenvalue weighted by Gasteiger charge is 2.44. The number of furan rings is 1. The molecule has 5 heteroatoms. The average molecular weight is 291 g/mol. The van der Waals surface area contributed by atoms with Crippen LogP contribution in [-0.2, 0) is 21.8 Å². The Hall–Kier alpha value is -1.33. The SMILES string of the molecule is O=S1(=O)CCC2(CC1)NCCc1c2oc2ccccc12. The molecule has 1 fully saturated rings. The largest absolute Gasteiger partial charge is 0.459 e. The Morgan fingerprint density at radius 3 is 2.70 bits per heavy atom. The summed E-state index contributed by atoms with van der Waals surface area (Å²) in [5, 5.41) is 4.71. The van der Waals surface area contributed by atoms with E-state index in [2.05, 4.69) is 11.4 Å². The topological polar surface area (TPSA) is 59.3 Å². The van der Waals surface area contributed by atoms with Gasteiger partial charge >= 0.3 is 0 Å². The summed E-state index contributed by atoms with van der Waals surface area (Å²) >= 11 is 0. The minimum Gasteiger partial charge on any atom is -0.459 e. The van der Waals surface area contributed by atoms with Crippen LogP contribution in [0.5, 0.6) is 0 Å². The predicted octanol–water partition coefficient (Wildman–Crippen LogP) is 1.98. The molecule has 1 spiro atoms. The van der Waals surface area contributed by atoms with Crippen molar-refractivity contribution in [3.8, 4) is 0 Å². The van der Waals surface area contributed by atoms with Crippen molar-refractivity contribution in [1.82, 2.24) is 5.32 Å². The highest BCUT2D eigenvalue weighted by Crippen LogP contribution is 2.42. The maximum Gasteiger partial charge on any atom is 0.150 e. The molecule has 1 aromatic carbocycles. The van der Waals surface area contributed by atoms with Crippen molar-refractivity contribution >= 4 is 20.8 Å². The van der Waals surface area contributed by atoms with Crippen LogP contribution in [0.2, 0.25) is 0 Å². The molecule has 0 bridgehead atoms. The van der Waals surface area contributed by atoms with Gasteiger partial charge in [0.15, 0.2) is 0 Å². The Balaban J connectivity index is 1.86. The molecule has 4 rings (SSSR count). The van der Waals surface area contributed by atoms with E-state index in [4.69, 9.17) is 4.42 Å². The van der Waals surface area contributed by atoms with Crippen molar-refractivity contribution < 1.29 is 12.8 Å². The third kappa shape index (κ3) is 1.73. The lowest BCUT2D eigenvalue weighted by atomic mass is 9.83. The second kappa shape index (κ2) is 4.09. The number of rotatable bonds is 0. The Labute approximate surface area is 118 Å². The molecular weight excluding hydrogens is 274 g/mol. The number of sulfone groups is 1. The van der Waals surface area contributed by atoms with Gasteiger partial charge in [0.25, 0.3) is 0 Å². The summed E-state index contributed by atoms with van der Waals surface area (Å²) in [5.74, 6) is 1.47. The molecule has 0 atom stereocenters. The van der Waals surface area contributed by atoms with E-state index in [-0.39, 0.29) is 17.0 Å². The molecule has 4 nitrogen and oxygen atoms in total. The van der Waals surface area contributed by atoms with Crippen LogP contribution in [0.1, 0.15) is 24.2 Å². The minimum absolute atomic E-state index is 0.247. The van der Waals surface area contributed by atoms with E-state index in [1.165, 1.54) is 10.9 Å². The molecular formula is C15H17NO3S. The molecule has 0 aliphatic carbocycles. The standard InChI is InChI=1S/C15H17NO3S/c17-20(18)9-6-15(7-10-20)14-12(5-8-16-15)11-3-1-2-4-13(11)19-14/h1-4,16H,5-10H2. The number of benzene rings is 1. The zero-order valence-corrected chi connectivity index (χ0v) is 12.0. The summed E-state index contributed by atoms with van der Waals surface area (Å²) in [6.07, 6.45) is 2.17. The Morgan fingerprint density at radius 2 is 1.90 bits per heavy atom. The van der Waals surface area contributed by atoms with Crippen LogP contribution in [0.15, 0.2) is 28.7 Å². The minimum atomic E-state index is -2.87. The fourth-order valence-corrected chi connectivity index (χ4v) is 5.05. The van der Waals surface area contributed by atoms with Crippen molar-refractivity contribution in [2.45, 2.75) is 24.8 Å². The highest BCUT2D eigenvalue weighted by molar-refractivity contribution is 7.91. The van der Waals surface area contributed by atoms with E-state index >= 15 is 0 Å². The van der Waals surface area contributed by atoms with Gasteiger partial charge in [-0.3, -0.25) is 0 Å². The first-order valence-corrected chi connectivity index (χ1v) is 8.88. The molecule has 0 unspecified atom stereocenters. The normalized spacial score (nSPS) is 23.8. The first-order valence-electron chi connectivity index (χ1n) is 7.06. The van der Waals surface area contributed by atoms with Crippen LogP contribution in [-0.4, -0.2) is 26.5 Å². The Bertz CT molecular complexity index is 762. The number of hydrogen-bond donors (Lipinski definition) is 1. The number of hydrogen-bond acceptors (Lipinski definition) is 4. The van der Waals surface area contributed by atoms with Gasteiger partial charge in [0.2, 0.25) is 0 Å². The molecule has 106 valence electrons. The summed E-state index contributed by atoms with van der Waals surface area (Å²) < 4.78 is 29.5. The zero-order chi connectivity index (χ0) is 13.8. The van der Waals surface area contributed by atoms with Gasteiger partial charge in [-0.15, -0.1) is 0 Å². The van der Waals surface area contributed by atoms with Gasteiger partial charge in [0.1, 0.15) is 21.2 Å². The predicted molar refractivity (Wildman–Crippen MR) is 77.5 cm³/mol. The van der Waals surface area contributed by atoms with Crippen LogP contribution >= 0.6 is 0 Å². The van der Waals surface area contributed by atoms with Crippen LogP contribution < -0.4 is 5.32 Å². The smallest absolute Gasteiger partial charge is 0.150 e. The van der Waals surface area contributed by atoms with Gasteiger partial charge in [0.05, 0.1) is 17.0 Å². The number of para-hydroxylation sites is 1. The molecule has 2 aromatic rings. The van der Waals surface area contributed by atoms with E-state index in [0.29, 0.717) is 12.8 Å². The van der Waals surface area contributed by atoms with E-state index in [0.717, 1.165) is 24.3 Å². The van der Waals surface area contributed by atoms with Gasteiger partial charge in [-0.1, -0.05) is 18.2 Å². The fraction of sp³-hybridized carbons (Fsp3) is 0.467. The van der Waals surface area contributed by atoms with E-state index in [1.807, 2.05) is 18.2 Å². The van der Waals surface area contributed by atoms with Crippen LogP contribution in [0.4, 0.5) is 0 Å². The average Bonchev–Trinajstić information content (AvgIpc) is 2.83. The van der Waals surface area contributed by atoms with Crippen molar-refractivity contribution in [1.29, 1.82) is 0 Å². The van der Waals surface area contributed by atoms with Gasteiger partial charge < -0.3 is 9.73 Å². The number of nitrogens with one attached hydrogen (secondary N) is 1. The van der Waals surface area contributed by atoms with Gasteiger partial charge in [-0.25, -0.2) is 8.42 Å². The fourth-order valence-electron chi connectivity index (χ4n) is 3.53. The summed E-state index contributed by atoms with van der Waals surface area (Å²) in [6, 6.07) is 8.08. The molecule has 2 aliphatic heterocycles. The van der Waals surface area contributed by atoms with Crippen LogP contribution in [0.3, 0.4) is 0 Å². The third-order valence-electron chi connectivity index (χ3n) is 4.65. The quantitative estimate of drug-likeness (QED) is 0.806. The number of fused-ring (bicyclic) bond motifs is 4. The molecule has 0 saturated carbocycles. The lowest BCUT2D eigenvalue weighted by molar-refractivity contribution is 0.236. The molecule has 2 aliphatic rings. The highest BCUT2D eigenvalue weighted by atomic mass is 32.2. The molecule has 1 saturated heterocycles. The molecule has 0 amide bonds. The summed E-state index contributed by atoms with van der Waals surface area (Å²) in [7, 11) is -2.87. The van der Waals surface area contributed by atoms with E-state index in [9.17, 15) is 8.42 Å². The molecule has 3 heterocycles. The van der Waals surface area contributed by atoms with Crippen molar-refractivity contribution in [3.05, 3.63) is 35.6 Å². The van der Waals surface area contributed by atoms with Crippen molar-refractivity contribution in [3.63, 3.8) is 0 Å². The van der Waals surface area contributed by atoms with Gasteiger partial charge in [0, 0.05) is 17.5 Å². The molecule has 0 radical (unpaired) electrons. The van der Waals surface area contributed by atoms with E-state index in [1.54, 1.807) is 0 Å². The monoisotopic (exact) mass is 291 g/mol. The Kier molecular flexibility index (Phi) is 2.54. The second-order valence-corrected chi connectivity index (χ2v) is 8.12. The lowest BCUT2D eigenvalue weighted by Gasteiger charge is -2.39. The Morgan fingerprint density at radius 1 is 1.15 bits per heavy atom. The van der Waals surface area contributed by atoms with Crippen molar-refractivity contribution in [2.75, 3.05) is 18.1 Å². The third-order valence-corrected chi connectivity index (χ3v) is 6.30. The van der Waals surface area contributed by atoms with Crippen molar-refractivity contribution in [2.24, 2.45) is 0 Å². The zero-order valence-electron chi connectivity index (χ0n) is 11.2. The van der Waals surface area contributed by atoms with Crippen LogP contribution in [0, 0.1) is 0 Å². The first-order chi connectivity index (χ1) is 9.60. The second-order valence-electron chi connectivity index (χ2n) is 5.82. The van der Waals surface area contributed by atoms with E-state index < -0.39 is 9.84 Å². The summed E-state index contributed by atoms with van der Waals surface area (Å²) in [6.45, 7) is 0.885. The molecule has 1 N–H and O–H groups in total.